The predicted molar refractivity (Wildman–Crippen MR) is 49.0 cm³/mol. The lowest BCUT2D eigenvalue weighted by Gasteiger charge is -2.04. The molecule has 3 heteroatoms. The van der Waals surface area contributed by atoms with E-state index in [1.54, 1.807) is 31.4 Å². The average Bonchev–Trinajstić information content (AvgIpc) is 2.51. The van der Waals surface area contributed by atoms with E-state index in [0.717, 1.165) is 5.76 Å². The van der Waals surface area contributed by atoms with E-state index in [0.29, 0.717) is 0 Å². The lowest BCUT2D eigenvalue weighted by atomic mass is 10.3. The van der Waals surface area contributed by atoms with Crippen LogP contribution < -0.4 is 0 Å². The smallest absolute Gasteiger partial charge is 0.303 e. The van der Waals surface area contributed by atoms with Gasteiger partial charge in [0.15, 0.2) is 0 Å². The Morgan fingerprint density at radius 3 is 3.00 bits per heavy atom. The minimum absolute atomic E-state index is 0.220. The Bertz CT molecular complexity index is 285. The van der Waals surface area contributed by atoms with Gasteiger partial charge in [-0.1, -0.05) is 0 Å². The normalized spacial score (nSPS) is 13.1. The second-order valence-electron chi connectivity index (χ2n) is 2.69. The van der Waals surface area contributed by atoms with E-state index in [9.17, 15) is 4.79 Å². The number of hydrogen-bond donors (Lipinski definition) is 0. The minimum Gasteiger partial charge on any atom is -0.465 e. The van der Waals surface area contributed by atoms with Crippen molar-refractivity contribution in [2.45, 2.75) is 20.0 Å². The molecule has 13 heavy (non-hydrogen) atoms. The molecule has 1 heterocycles. The Labute approximate surface area is 77.0 Å². The first kappa shape index (κ1) is 9.58. The van der Waals surface area contributed by atoms with Gasteiger partial charge in [0.2, 0.25) is 0 Å². The molecule has 0 saturated heterocycles. The summed E-state index contributed by atoms with van der Waals surface area (Å²) in [5, 5.41) is 0. The number of carbonyl (C=O) groups is 1. The number of ether oxygens (including phenoxy) is 1. The van der Waals surface area contributed by atoms with Crippen LogP contribution in [0.4, 0.5) is 0 Å². The Balaban J connectivity index is 2.44. The van der Waals surface area contributed by atoms with Crippen molar-refractivity contribution >= 4 is 12.0 Å². The first-order valence-electron chi connectivity index (χ1n) is 4.07. The van der Waals surface area contributed by atoms with Gasteiger partial charge in [0.05, 0.1) is 6.26 Å². The third kappa shape index (κ3) is 3.60. The second kappa shape index (κ2) is 4.50. The molecule has 0 aliphatic carbocycles. The zero-order chi connectivity index (χ0) is 9.68. The largest absolute Gasteiger partial charge is 0.465 e. The van der Waals surface area contributed by atoms with Crippen LogP contribution in [0, 0.1) is 0 Å². The molecule has 3 nitrogen and oxygen atoms in total. The van der Waals surface area contributed by atoms with Crippen molar-refractivity contribution in [2.24, 2.45) is 0 Å². The van der Waals surface area contributed by atoms with Gasteiger partial charge in [0.25, 0.3) is 0 Å². The zero-order valence-electron chi connectivity index (χ0n) is 7.69. The highest BCUT2D eigenvalue weighted by Gasteiger charge is 1.99. The highest BCUT2D eigenvalue weighted by molar-refractivity contribution is 5.66. The molecule has 0 aliphatic rings. The summed E-state index contributed by atoms with van der Waals surface area (Å²) in [6, 6.07) is 3.63. The van der Waals surface area contributed by atoms with E-state index in [2.05, 4.69) is 0 Å². The summed E-state index contributed by atoms with van der Waals surface area (Å²) in [5.41, 5.74) is 0. The number of hydrogen-bond acceptors (Lipinski definition) is 3. The van der Waals surface area contributed by atoms with E-state index in [1.807, 2.05) is 6.07 Å². The highest BCUT2D eigenvalue weighted by atomic mass is 16.5. The standard InChI is InChI=1S/C10H12O3/c1-8(13-9(2)11)5-6-10-4-3-7-12-10/h3-8H,1-2H3. The third-order valence-corrected chi connectivity index (χ3v) is 1.43. The average molecular weight is 180 g/mol. The molecule has 0 aliphatic heterocycles. The molecule has 1 aromatic rings. The van der Waals surface area contributed by atoms with Crippen molar-refractivity contribution in [3.63, 3.8) is 0 Å². The second-order valence-corrected chi connectivity index (χ2v) is 2.69. The van der Waals surface area contributed by atoms with Crippen LogP contribution in [0.5, 0.6) is 0 Å². The summed E-state index contributed by atoms with van der Waals surface area (Å²) in [6.45, 7) is 3.18. The molecule has 1 atom stereocenters. The van der Waals surface area contributed by atoms with Crippen LogP contribution in [-0.4, -0.2) is 12.1 Å². The van der Waals surface area contributed by atoms with Crippen LogP contribution in [0.25, 0.3) is 6.08 Å². The molecular weight excluding hydrogens is 168 g/mol. The Morgan fingerprint density at radius 2 is 2.46 bits per heavy atom. The van der Waals surface area contributed by atoms with Crippen LogP contribution in [0.1, 0.15) is 19.6 Å². The van der Waals surface area contributed by atoms with Crippen LogP contribution >= 0.6 is 0 Å². The topological polar surface area (TPSA) is 39.4 Å². The monoisotopic (exact) mass is 180 g/mol. The van der Waals surface area contributed by atoms with Gasteiger partial charge in [-0.2, -0.15) is 0 Å². The summed E-state index contributed by atoms with van der Waals surface area (Å²) < 4.78 is 9.94. The van der Waals surface area contributed by atoms with Gasteiger partial charge in [-0.05, 0) is 31.2 Å². The Kier molecular flexibility index (Phi) is 3.31. The van der Waals surface area contributed by atoms with E-state index in [4.69, 9.17) is 9.15 Å². The van der Waals surface area contributed by atoms with Gasteiger partial charge in [0.1, 0.15) is 11.9 Å². The lowest BCUT2D eigenvalue weighted by molar-refractivity contribution is -0.143. The first-order valence-corrected chi connectivity index (χ1v) is 4.07. The van der Waals surface area contributed by atoms with Crippen LogP contribution in [0.15, 0.2) is 28.9 Å². The zero-order valence-corrected chi connectivity index (χ0v) is 7.69. The Morgan fingerprint density at radius 1 is 1.69 bits per heavy atom. The summed E-state index contributed by atoms with van der Waals surface area (Å²) in [6.07, 6.45) is 4.91. The van der Waals surface area contributed by atoms with Crippen LogP contribution in [-0.2, 0) is 9.53 Å². The summed E-state index contributed by atoms with van der Waals surface area (Å²) in [7, 11) is 0. The fraction of sp³-hybridized carbons (Fsp3) is 0.300. The quantitative estimate of drug-likeness (QED) is 0.669. The molecule has 0 N–H and O–H groups in total. The molecule has 0 fully saturated rings. The SMILES string of the molecule is CC(=O)OC(C)C=Cc1ccco1. The first-order chi connectivity index (χ1) is 6.18. The maximum absolute atomic E-state index is 10.5. The third-order valence-electron chi connectivity index (χ3n) is 1.43. The Hall–Kier alpha value is -1.51. The van der Waals surface area contributed by atoms with E-state index < -0.39 is 0 Å². The van der Waals surface area contributed by atoms with Crippen LogP contribution in [0.3, 0.4) is 0 Å². The molecular formula is C10H12O3. The van der Waals surface area contributed by atoms with Gasteiger partial charge in [-0.3, -0.25) is 4.79 Å². The molecule has 1 unspecified atom stereocenters. The molecule has 0 aromatic carbocycles. The van der Waals surface area contributed by atoms with Crippen molar-refractivity contribution in [1.29, 1.82) is 0 Å². The fourth-order valence-corrected chi connectivity index (χ4v) is 0.918. The number of esters is 1. The van der Waals surface area contributed by atoms with Crippen molar-refractivity contribution in [1.82, 2.24) is 0 Å². The maximum atomic E-state index is 10.5. The van der Waals surface area contributed by atoms with E-state index in [1.165, 1.54) is 6.92 Å². The summed E-state index contributed by atoms with van der Waals surface area (Å²) in [5.74, 6) is 0.468. The van der Waals surface area contributed by atoms with Gasteiger partial charge in [-0.15, -0.1) is 0 Å². The predicted octanol–water partition coefficient (Wildman–Crippen LogP) is 2.24. The molecule has 0 spiro atoms. The summed E-state index contributed by atoms with van der Waals surface area (Å²) >= 11 is 0. The number of furan rings is 1. The summed E-state index contributed by atoms with van der Waals surface area (Å²) in [4.78, 5) is 10.5. The molecule has 1 rings (SSSR count). The minimum atomic E-state index is -0.281. The fourth-order valence-electron chi connectivity index (χ4n) is 0.918. The van der Waals surface area contributed by atoms with Crippen molar-refractivity contribution in [3.05, 3.63) is 30.2 Å². The molecule has 1 aromatic heterocycles. The number of rotatable bonds is 3. The highest BCUT2D eigenvalue weighted by Crippen LogP contribution is 2.04. The molecule has 70 valence electrons. The van der Waals surface area contributed by atoms with E-state index in [-0.39, 0.29) is 12.1 Å². The van der Waals surface area contributed by atoms with Crippen molar-refractivity contribution < 1.29 is 13.9 Å². The molecule has 0 saturated carbocycles. The van der Waals surface area contributed by atoms with Gasteiger partial charge >= 0.3 is 5.97 Å². The van der Waals surface area contributed by atoms with Crippen molar-refractivity contribution in [3.8, 4) is 0 Å². The molecule has 0 bridgehead atoms. The van der Waals surface area contributed by atoms with Gasteiger partial charge in [-0.25, -0.2) is 0 Å². The lowest BCUT2D eigenvalue weighted by Crippen LogP contribution is -2.08. The van der Waals surface area contributed by atoms with Crippen LogP contribution in [0.2, 0.25) is 0 Å². The maximum Gasteiger partial charge on any atom is 0.303 e. The van der Waals surface area contributed by atoms with Gasteiger partial charge < -0.3 is 9.15 Å². The van der Waals surface area contributed by atoms with Crippen molar-refractivity contribution in [2.75, 3.05) is 0 Å². The molecule has 0 amide bonds. The number of carbonyl (C=O) groups excluding carboxylic acids is 1. The molecule has 0 radical (unpaired) electrons. The van der Waals surface area contributed by atoms with E-state index >= 15 is 0 Å². The van der Waals surface area contributed by atoms with Gasteiger partial charge in [0, 0.05) is 6.92 Å².